The van der Waals surface area contributed by atoms with Gasteiger partial charge in [-0.25, -0.2) is 0 Å². The Kier molecular flexibility index (Phi) is 8.09. The number of likely N-dealkylation sites (tertiary alicyclic amines) is 1. The molecule has 2 bridgehead atoms. The van der Waals surface area contributed by atoms with Crippen molar-refractivity contribution in [2.75, 3.05) is 52.6 Å². The van der Waals surface area contributed by atoms with E-state index in [1.807, 2.05) is 30.3 Å². The topological polar surface area (TPSA) is 108 Å². The first-order valence-corrected chi connectivity index (χ1v) is 14.3. The molecular weight excluding hydrogens is 494 g/mol. The van der Waals surface area contributed by atoms with Crippen LogP contribution in [0.4, 0.5) is 0 Å². The van der Waals surface area contributed by atoms with Crippen molar-refractivity contribution in [3.63, 3.8) is 0 Å². The average Bonchev–Trinajstić information content (AvgIpc) is 3.56. The molecule has 0 radical (unpaired) electrons. The van der Waals surface area contributed by atoms with Crippen molar-refractivity contribution >= 4 is 29.5 Å². The number of carbonyl (C=O) groups excluding carboxylic acids is 3. The van der Waals surface area contributed by atoms with Gasteiger partial charge in [0.1, 0.15) is 6.04 Å². The molecule has 0 saturated carbocycles. The van der Waals surface area contributed by atoms with Gasteiger partial charge in [-0.3, -0.25) is 19.3 Å². The Bertz CT molecular complexity index is 990. The maximum atomic E-state index is 14.1. The minimum absolute atomic E-state index is 0.0273. The molecule has 0 aliphatic carbocycles. The van der Waals surface area contributed by atoms with E-state index in [1.165, 1.54) is 0 Å². The molecule has 2 unspecified atom stereocenters. The van der Waals surface area contributed by atoms with Crippen LogP contribution in [0.15, 0.2) is 30.3 Å². The Labute approximate surface area is 222 Å². The highest BCUT2D eigenvalue weighted by Gasteiger charge is 2.74. The minimum atomic E-state index is -0.745. The van der Waals surface area contributed by atoms with Crippen molar-refractivity contribution in [3.05, 3.63) is 35.9 Å². The number of aliphatic hydroxyl groups excluding tert-OH is 1. The van der Waals surface area contributed by atoms with Gasteiger partial charge in [-0.1, -0.05) is 30.3 Å². The fraction of sp³-hybridized carbons (Fsp3) is 0.667. The van der Waals surface area contributed by atoms with Gasteiger partial charge in [-0.15, -0.1) is 11.8 Å². The number of amides is 2. The molecule has 1 spiro atoms. The normalized spacial score (nSPS) is 31.8. The number of ether oxygens (including phenoxy) is 2. The molecule has 4 aliphatic rings. The predicted molar refractivity (Wildman–Crippen MR) is 139 cm³/mol. The van der Waals surface area contributed by atoms with Crippen LogP contribution in [0.25, 0.3) is 0 Å². The number of benzene rings is 1. The summed E-state index contributed by atoms with van der Waals surface area (Å²) in [7, 11) is 0. The summed E-state index contributed by atoms with van der Waals surface area (Å²) in [6, 6.07) is 8.38. The summed E-state index contributed by atoms with van der Waals surface area (Å²) >= 11 is 1.62. The molecule has 1 aromatic rings. The van der Waals surface area contributed by atoms with E-state index in [0.29, 0.717) is 39.1 Å². The number of nitrogens with one attached hydrogen (secondary N) is 1. The fourth-order valence-corrected chi connectivity index (χ4v) is 8.88. The van der Waals surface area contributed by atoms with Crippen molar-refractivity contribution in [2.24, 2.45) is 11.8 Å². The van der Waals surface area contributed by atoms with E-state index in [2.05, 4.69) is 10.2 Å². The van der Waals surface area contributed by atoms with Crippen molar-refractivity contribution in [1.29, 1.82) is 0 Å². The lowest BCUT2D eigenvalue weighted by atomic mass is 9.71. The quantitative estimate of drug-likeness (QED) is 0.425. The van der Waals surface area contributed by atoms with Gasteiger partial charge in [0.15, 0.2) is 0 Å². The van der Waals surface area contributed by atoms with Gasteiger partial charge in [0.2, 0.25) is 11.8 Å². The molecule has 4 fully saturated rings. The zero-order valence-electron chi connectivity index (χ0n) is 21.3. The molecule has 0 aromatic heterocycles. The van der Waals surface area contributed by atoms with Crippen LogP contribution in [-0.4, -0.2) is 107 Å². The van der Waals surface area contributed by atoms with E-state index in [9.17, 15) is 19.5 Å². The molecule has 6 atom stereocenters. The third-order valence-corrected chi connectivity index (χ3v) is 10.2. The van der Waals surface area contributed by atoms with Gasteiger partial charge in [0.25, 0.3) is 0 Å². The van der Waals surface area contributed by atoms with Gasteiger partial charge in [-0.2, -0.15) is 0 Å². The van der Waals surface area contributed by atoms with E-state index in [1.54, 1.807) is 23.6 Å². The number of hydrogen-bond donors (Lipinski definition) is 2. The molecule has 37 heavy (non-hydrogen) atoms. The predicted octanol–water partition coefficient (Wildman–Crippen LogP) is 0.693. The second-order valence-electron chi connectivity index (χ2n) is 10.3. The smallest absolute Gasteiger partial charge is 0.310 e. The fourth-order valence-electron chi connectivity index (χ4n) is 6.69. The zero-order valence-corrected chi connectivity index (χ0v) is 22.2. The second-order valence-corrected chi connectivity index (χ2v) is 11.9. The molecule has 5 rings (SSSR count). The van der Waals surface area contributed by atoms with Crippen molar-refractivity contribution in [1.82, 2.24) is 15.1 Å². The number of rotatable bonds is 10. The zero-order chi connectivity index (χ0) is 26.0. The first-order valence-electron chi connectivity index (χ1n) is 13.4. The summed E-state index contributed by atoms with van der Waals surface area (Å²) in [6.07, 6.45) is 1.89. The van der Waals surface area contributed by atoms with Gasteiger partial charge in [0, 0.05) is 31.4 Å². The van der Waals surface area contributed by atoms with Crippen molar-refractivity contribution < 1.29 is 29.0 Å². The van der Waals surface area contributed by atoms with Crippen LogP contribution in [0.2, 0.25) is 0 Å². The number of fused-ring (bicyclic) bond motifs is 1. The summed E-state index contributed by atoms with van der Waals surface area (Å²) < 4.78 is 10.1. The van der Waals surface area contributed by atoms with Crippen molar-refractivity contribution in [3.8, 4) is 0 Å². The summed E-state index contributed by atoms with van der Waals surface area (Å²) in [5, 5.41) is 13.5. The molecule has 2 amide bonds. The molecule has 4 heterocycles. The third-order valence-electron chi connectivity index (χ3n) is 8.29. The van der Waals surface area contributed by atoms with Gasteiger partial charge < -0.3 is 24.8 Å². The number of thioether (sulfide) groups is 1. The molecule has 4 aliphatic heterocycles. The van der Waals surface area contributed by atoms with Crippen LogP contribution >= 0.6 is 11.8 Å². The number of hydrogen-bond acceptors (Lipinski definition) is 8. The van der Waals surface area contributed by atoms with E-state index in [0.717, 1.165) is 25.1 Å². The molecule has 9 nitrogen and oxygen atoms in total. The minimum Gasteiger partial charge on any atom is -0.466 e. The maximum Gasteiger partial charge on any atom is 0.310 e. The highest BCUT2D eigenvalue weighted by molar-refractivity contribution is 8.02. The third kappa shape index (κ3) is 4.89. The number of aliphatic hydroxyl groups is 1. The Hall–Kier alpha value is -2.14. The van der Waals surface area contributed by atoms with Crippen LogP contribution in [0.5, 0.6) is 0 Å². The van der Waals surface area contributed by atoms with E-state index >= 15 is 0 Å². The molecule has 2 N–H and O–H groups in total. The SMILES string of the molecule is CCOC(=O)[C@@H]1[C@@H]2CCC3(S2)C(C(=O)NCCN2CCOCC2)N([C@@H](CO)Cc2ccccc2)C(=O)[C@H]13. The van der Waals surface area contributed by atoms with Crippen molar-refractivity contribution in [2.45, 2.75) is 48.3 Å². The van der Waals surface area contributed by atoms with Crippen LogP contribution in [0.3, 0.4) is 0 Å². The number of morpholine rings is 1. The van der Waals surface area contributed by atoms with Gasteiger partial charge in [-0.05, 0) is 31.7 Å². The summed E-state index contributed by atoms with van der Waals surface area (Å²) in [5.74, 6) is -1.94. The van der Waals surface area contributed by atoms with Crippen LogP contribution in [0, 0.1) is 11.8 Å². The van der Waals surface area contributed by atoms with Crippen LogP contribution in [-0.2, 0) is 30.3 Å². The molecule has 202 valence electrons. The molecule has 10 heteroatoms. The summed E-state index contributed by atoms with van der Waals surface area (Å²) in [6.45, 7) is 5.97. The lowest BCUT2D eigenvalue weighted by molar-refractivity contribution is -0.154. The maximum absolute atomic E-state index is 14.1. The molecular formula is C27H37N3O6S. The lowest BCUT2D eigenvalue weighted by Crippen LogP contribution is -2.57. The van der Waals surface area contributed by atoms with Crippen LogP contribution < -0.4 is 5.32 Å². The highest BCUT2D eigenvalue weighted by atomic mass is 32.2. The highest BCUT2D eigenvalue weighted by Crippen LogP contribution is 2.66. The van der Waals surface area contributed by atoms with Crippen LogP contribution in [0.1, 0.15) is 25.3 Å². The van der Waals surface area contributed by atoms with E-state index < -0.39 is 28.7 Å². The monoisotopic (exact) mass is 531 g/mol. The summed E-state index contributed by atoms with van der Waals surface area (Å²) in [5.41, 5.74) is 0.981. The largest absolute Gasteiger partial charge is 0.466 e. The Balaban J connectivity index is 1.42. The average molecular weight is 532 g/mol. The number of nitrogens with zero attached hydrogens (tertiary/aromatic N) is 2. The van der Waals surface area contributed by atoms with E-state index in [4.69, 9.17) is 9.47 Å². The van der Waals surface area contributed by atoms with E-state index in [-0.39, 0.29) is 36.2 Å². The summed E-state index contributed by atoms with van der Waals surface area (Å²) in [4.78, 5) is 44.9. The number of carbonyl (C=O) groups is 3. The van der Waals surface area contributed by atoms with Gasteiger partial charge in [0.05, 0.1) is 49.1 Å². The Morgan fingerprint density at radius 3 is 2.73 bits per heavy atom. The Morgan fingerprint density at radius 1 is 1.27 bits per heavy atom. The molecule has 1 aromatic carbocycles. The second kappa shape index (κ2) is 11.3. The number of esters is 1. The molecule has 4 saturated heterocycles. The Morgan fingerprint density at radius 2 is 2.03 bits per heavy atom. The first-order chi connectivity index (χ1) is 18.0. The standard InChI is InChI=1S/C27H37N3O6S/c1-2-36-26(34)21-20-8-9-27(37-20)22(21)25(33)30(19(17-31)16-18-6-4-3-5-7-18)23(27)24(32)28-10-11-29-12-14-35-15-13-29/h3-7,19-23,31H,2,8-17H2,1H3,(H,28,32)/t19-,20+,21-,22+,23?,27?/m1/s1. The lowest BCUT2D eigenvalue weighted by Gasteiger charge is -2.37. The first kappa shape index (κ1) is 26.5. The van der Waals surface area contributed by atoms with Gasteiger partial charge >= 0.3 is 5.97 Å².